The summed E-state index contributed by atoms with van der Waals surface area (Å²) in [5, 5.41) is 3.49. The molecule has 0 radical (unpaired) electrons. The standard InChI is InChI=1S/C13H18N2.ClH/c1-2-4-11(5-3-1)9-15-10-12-6-7-14-8-13(12)15;/h1-5,12-14H,6-10H2;1H/t12-,13-;/m1./s1. The molecular formula is C13H19ClN2. The van der Waals surface area contributed by atoms with Gasteiger partial charge in [-0.2, -0.15) is 0 Å². The van der Waals surface area contributed by atoms with Crippen LogP contribution in [-0.2, 0) is 6.54 Å². The van der Waals surface area contributed by atoms with Crippen LogP contribution in [0.4, 0.5) is 0 Å². The SMILES string of the molecule is Cl.c1ccc(CN2C[C@H]3CCNC[C@H]32)cc1. The molecule has 16 heavy (non-hydrogen) atoms. The van der Waals surface area contributed by atoms with E-state index in [0.717, 1.165) is 18.5 Å². The summed E-state index contributed by atoms with van der Waals surface area (Å²) in [5.41, 5.74) is 1.45. The van der Waals surface area contributed by atoms with Gasteiger partial charge in [-0.3, -0.25) is 4.90 Å². The average molecular weight is 239 g/mol. The summed E-state index contributed by atoms with van der Waals surface area (Å²) in [6.45, 7) is 4.85. The minimum absolute atomic E-state index is 0. The van der Waals surface area contributed by atoms with E-state index in [4.69, 9.17) is 0 Å². The van der Waals surface area contributed by atoms with Gasteiger partial charge in [0.2, 0.25) is 0 Å². The third-order valence-corrected chi connectivity index (χ3v) is 3.76. The Balaban J connectivity index is 0.000000963. The normalized spacial score (nSPS) is 28.8. The molecule has 2 aliphatic rings. The van der Waals surface area contributed by atoms with Crippen molar-refractivity contribution in [2.45, 2.75) is 19.0 Å². The highest BCUT2D eigenvalue weighted by Gasteiger charge is 2.39. The molecular weight excluding hydrogens is 220 g/mol. The molecule has 2 fully saturated rings. The highest BCUT2D eigenvalue weighted by Crippen LogP contribution is 2.30. The first-order chi connectivity index (χ1) is 7.43. The fourth-order valence-corrected chi connectivity index (χ4v) is 2.84. The van der Waals surface area contributed by atoms with Crippen molar-refractivity contribution in [3.05, 3.63) is 35.9 Å². The van der Waals surface area contributed by atoms with E-state index in [-0.39, 0.29) is 12.4 Å². The smallest absolute Gasteiger partial charge is 0.0265 e. The Morgan fingerprint density at radius 2 is 2.06 bits per heavy atom. The van der Waals surface area contributed by atoms with Gasteiger partial charge in [0.15, 0.2) is 0 Å². The summed E-state index contributed by atoms with van der Waals surface area (Å²) in [6.07, 6.45) is 1.37. The fourth-order valence-electron chi connectivity index (χ4n) is 2.84. The molecule has 1 N–H and O–H groups in total. The minimum Gasteiger partial charge on any atom is -0.315 e. The quantitative estimate of drug-likeness (QED) is 0.847. The maximum absolute atomic E-state index is 3.49. The zero-order chi connectivity index (χ0) is 10.1. The average Bonchev–Trinajstić information content (AvgIpc) is 2.27. The van der Waals surface area contributed by atoms with Crippen LogP contribution in [0.2, 0.25) is 0 Å². The van der Waals surface area contributed by atoms with Gasteiger partial charge in [-0.25, -0.2) is 0 Å². The van der Waals surface area contributed by atoms with E-state index >= 15 is 0 Å². The molecule has 0 aliphatic carbocycles. The summed E-state index contributed by atoms with van der Waals surface area (Å²) in [4.78, 5) is 2.60. The number of hydrogen-bond donors (Lipinski definition) is 1. The lowest BCUT2D eigenvalue weighted by molar-refractivity contribution is -0.0114. The van der Waals surface area contributed by atoms with Gasteiger partial charge in [-0.05, 0) is 24.4 Å². The summed E-state index contributed by atoms with van der Waals surface area (Å²) in [7, 11) is 0. The number of fused-ring (bicyclic) bond motifs is 1. The molecule has 2 nitrogen and oxygen atoms in total. The van der Waals surface area contributed by atoms with Gasteiger partial charge in [-0.1, -0.05) is 30.3 Å². The number of nitrogens with zero attached hydrogens (tertiary/aromatic N) is 1. The van der Waals surface area contributed by atoms with Crippen molar-refractivity contribution in [1.29, 1.82) is 0 Å². The molecule has 3 rings (SSSR count). The van der Waals surface area contributed by atoms with Crippen LogP contribution in [0.1, 0.15) is 12.0 Å². The van der Waals surface area contributed by atoms with Gasteiger partial charge in [0.1, 0.15) is 0 Å². The summed E-state index contributed by atoms with van der Waals surface area (Å²) in [5.74, 6) is 0.968. The number of rotatable bonds is 2. The predicted molar refractivity (Wildman–Crippen MR) is 68.9 cm³/mol. The highest BCUT2D eigenvalue weighted by molar-refractivity contribution is 5.85. The van der Waals surface area contributed by atoms with Crippen LogP contribution >= 0.6 is 12.4 Å². The first-order valence-corrected chi connectivity index (χ1v) is 5.92. The summed E-state index contributed by atoms with van der Waals surface area (Å²) in [6, 6.07) is 11.6. The first kappa shape index (κ1) is 11.9. The van der Waals surface area contributed by atoms with Crippen molar-refractivity contribution in [3.8, 4) is 0 Å². The van der Waals surface area contributed by atoms with Gasteiger partial charge >= 0.3 is 0 Å². The summed E-state index contributed by atoms with van der Waals surface area (Å²) >= 11 is 0. The van der Waals surface area contributed by atoms with Crippen molar-refractivity contribution in [3.63, 3.8) is 0 Å². The van der Waals surface area contributed by atoms with Crippen LogP contribution in [0.15, 0.2) is 30.3 Å². The number of nitrogens with one attached hydrogen (secondary N) is 1. The molecule has 0 unspecified atom stereocenters. The Morgan fingerprint density at radius 3 is 2.81 bits per heavy atom. The van der Waals surface area contributed by atoms with E-state index in [9.17, 15) is 0 Å². The van der Waals surface area contributed by atoms with Gasteiger partial charge in [0.25, 0.3) is 0 Å². The van der Waals surface area contributed by atoms with Crippen molar-refractivity contribution in [2.24, 2.45) is 5.92 Å². The van der Waals surface area contributed by atoms with Gasteiger partial charge in [-0.15, -0.1) is 12.4 Å². The van der Waals surface area contributed by atoms with E-state index in [1.807, 2.05) is 0 Å². The molecule has 1 aromatic rings. The summed E-state index contributed by atoms with van der Waals surface area (Å²) < 4.78 is 0. The number of benzene rings is 1. The predicted octanol–water partition coefficient (Wildman–Crippen LogP) is 1.90. The molecule has 0 spiro atoms. The third-order valence-electron chi connectivity index (χ3n) is 3.76. The Morgan fingerprint density at radius 1 is 1.25 bits per heavy atom. The lowest BCUT2D eigenvalue weighted by Gasteiger charge is -2.51. The molecule has 0 saturated carbocycles. The molecule has 2 saturated heterocycles. The highest BCUT2D eigenvalue weighted by atomic mass is 35.5. The van der Waals surface area contributed by atoms with Gasteiger partial charge in [0, 0.05) is 25.7 Å². The number of halogens is 1. The minimum atomic E-state index is 0. The molecule has 1 aromatic carbocycles. The lowest BCUT2D eigenvalue weighted by Crippen LogP contribution is -2.62. The largest absolute Gasteiger partial charge is 0.315 e. The third kappa shape index (κ3) is 2.24. The molecule has 2 aliphatic heterocycles. The molecule has 3 heteroatoms. The maximum Gasteiger partial charge on any atom is 0.0265 e. The maximum atomic E-state index is 3.49. The fraction of sp³-hybridized carbons (Fsp3) is 0.538. The van der Waals surface area contributed by atoms with Crippen LogP contribution in [0.3, 0.4) is 0 Å². The zero-order valence-corrected chi connectivity index (χ0v) is 10.2. The van der Waals surface area contributed by atoms with E-state index in [1.165, 1.54) is 31.6 Å². The number of hydrogen-bond acceptors (Lipinski definition) is 2. The second kappa shape index (κ2) is 5.17. The second-order valence-electron chi connectivity index (χ2n) is 4.74. The van der Waals surface area contributed by atoms with Crippen molar-refractivity contribution in [1.82, 2.24) is 10.2 Å². The van der Waals surface area contributed by atoms with E-state index < -0.39 is 0 Å². The number of likely N-dealkylation sites (tertiary alicyclic amines) is 1. The molecule has 0 aromatic heterocycles. The van der Waals surface area contributed by atoms with Gasteiger partial charge < -0.3 is 5.32 Å². The van der Waals surface area contributed by atoms with Crippen LogP contribution in [0.5, 0.6) is 0 Å². The van der Waals surface area contributed by atoms with E-state index in [1.54, 1.807) is 0 Å². The first-order valence-electron chi connectivity index (χ1n) is 5.92. The van der Waals surface area contributed by atoms with Crippen LogP contribution < -0.4 is 5.32 Å². The molecule has 2 atom stereocenters. The Bertz CT molecular complexity index is 328. The van der Waals surface area contributed by atoms with Crippen LogP contribution in [0, 0.1) is 5.92 Å². The Hall–Kier alpha value is -0.570. The Labute approximate surface area is 103 Å². The topological polar surface area (TPSA) is 15.3 Å². The van der Waals surface area contributed by atoms with Crippen LogP contribution in [0.25, 0.3) is 0 Å². The zero-order valence-electron chi connectivity index (χ0n) is 9.43. The molecule has 0 amide bonds. The van der Waals surface area contributed by atoms with Crippen molar-refractivity contribution in [2.75, 3.05) is 19.6 Å². The van der Waals surface area contributed by atoms with Crippen molar-refractivity contribution < 1.29 is 0 Å². The monoisotopic (exact) mass is 238 g/mol. The van der Waals surface area contributed by atoms with E-state index in [2.05, 4.69) is 40.5 Å². The molecule has 0 bridgehead atoms. The van der Waals surface area contributed by atoms with E-state index in [0.29, 0.717) is 0 Å². The number of piperidine rings is 1. The van der Waals surface area contributed by atoms with Crippen molar-refractivity contribution >= 4 is 12.4 Å². The second-order valence-corrected chi connectivity index (χ2v) is 4.74. The van der Waals surface area contributed by atoms with Crippen LogP contribution in [-0.4, -0.2) is 30.6 Å². The Kier molecular flexibility index (Phi) is 3.85. The lowest BCUT2D eigenvalue weighted by atomic mass is 9.83. The molecule has 2 heterocycles. The van der Waals surface area contributed by atoms with Gasteiger partial charge in [0.05, 0.1) is 0 Å². The molecule has 88 valence electrons.